The molecule has 0 saturated heterocycles. The summed E-state index contributed by atoms with van der Waals surface area (Å²) in [4.78, 5) is -0.178. The number of sulfonamides is 1. The van der Waals surface area contributed by atoms with Crippen LogP contribution in [0, 0.1) is 5.82 Å². The fraction of sp³-hybridized carbons (Fsp3) is 0.333. The number of ether oxygens (including phenoxy) is 1. The van der Waals surface area contributed by atoms with Gasteiger partial charge in [0.15, 0.2) is 0 Å². The van der Waals surface area contributed by atoms with E-state index in [0.717, 1.165) is 16.4 Å². The Kier molecular flexibility index (Phi) is 5.46. The van der Waals surface area contributed by atoms with Gasteiger partial charge in [0.2, 0.25) is 10.0 Å². The number of methoxy groups -OCH3 is 1. The zero-order chi connectivity index (χ0) is 14.5. The maximum Gasteiger partial charge on any atom is 0.243 e. The van der Waals surface area contributed by atoms with E-state index < -0.39 is 15.8 Å². The predicted molar refractivity (Wildman–Crippen MR) is 71.6 cm³/mol. The van der Waals surface area contributed by atoms with Gasteiger partial charge in [0.25, 0.3) is 0 Å². The van der Waals surface area contributed by atoms with Gasteiger partial charge in [-0.05, 0) is 18.2 Å². The molecular formula is C12H17FN2O3S. The molecule has 0 heterocycles. The van der Waals surface area contributed by atoms with Crippen molar-refractivity contribution in [2.75, 3.05) is 32.5 Å². The molecule has 5 nitrogen and oxygen atoms in total. The molecule has 7 heteroatoms. The zero-order valence-electron chi connectivity index (χ0n) is 10.7. The van der Waals surface area contributed by atoms with E-state index in [-0.39, 0.29) is 30.3 Å². The second-order valence-corrected chi connectivity index (χ2v) is 5.80. The highest BCUT2D eigenvalue weighted by Crippen LogP contribution is 2.20. The van der Waals surface area contributed by atoms with Gasteiger partial charge in [-0.2, -0.15) is 4.31 Å². The molecule has 0 aliphatic heterocycles. The molecule has 2 N–H and O–H groups in total. The van der Waals surface area contributed by atoms with Gasteiger partial charge in [0.1, 0.15) is 5.82 Å². The van der Waals surface area contributed by atoms with E-state index >= 15 is 0 Å². The third kappa shape index (κ3) is 4.02. The van der Waals surface area contributed by atoms with Gasteiger partial charge in [0, 0.05) is 25.9 Å². The molecule has 0 saturated carbocycles. The minimum absolute atomic E-state index is 0.0591. The van der Waals surface area contributed by atoms with Crippen molar-refractivity contribution in [3.8, 4) is 0 Å². The normalized spacial score (nSPS) is 11.7. The number of halogens is 1. The van der Waals surface area contributed by atoms with Gasteiger partial charge >= 0.3 is 0 Å². The van der Waals surface area contributed by atoms with Crippen molar-refractivity contribution in [1.29, 1.82) is 0 Å². The summed E-state index contributed by atoms with van der Waals surface area (Å²) in [6.07, 6.45) is 1.45. The molecule has 19 heavy (non-hydrogen) atoms. The molecule has 1 aromatic carbocycles. The SMILES string of the molecule is C=CCN(CCOC)S(=O)(=O)c1cc(N)cc(F)c1. The molecule has 0 aromatic heterocycles. The molecule has 1 aromatic rings. The van der Waals surface area contributed by atoms with Crippen LogP contribution in [0.3, 0.4) is 0 Å². The van der Waals surface area contributed by atoms with Crippen LogP contribution in [-0.4, -0.2) is 39.5 Å². The van der Waals surface area contributed by atoms with Gasteiger partial charge in [-0.25, -0.2) is 12.8 Å². The minimum Gasteiger partial charge on any atom is -0.399 e. The second kappa shape index (κ2) is 6.65. The number of anilines is 1. The molecule has 0 radical (unpaired) electrons. The lowest BCUT2D eigenvalue weighted by atomic mass is 10.3. The summed E-state index contributed by atoms with van der Waals surface area (Å²) >= 11 is 0. The average molecular weight is 288 g/mol. The Labute approximate surface area is 112 Å². The van der Waals surface area contributed by atoms with Crippen LogP contribution in [0.1, 0.15) is 0 Å². The Morgan fingerprint density at radius 2 is 2.16 bits per heavy atom. The van der Waals surface area contributed by atoms with Crippen molar-refractivity contribution in [2.45, 2.75) is 4.90 Å². The van der Waals surface area contributed by atoms with Crippen LogP contribution in [0.15, 0.2) is 35.7 Å². The van der Waals surface area contributed by atoms with Gasteiger partial charge in [-0.15, -0.1) is 6.58 Å². The molecular weight excluding hydrogens is 271 g/mol. The lowest BCUT2D eigenvalue weighted by Crippen LogP contribution is -2.34. The molecule has 0 spiro atoms. The Morgan fingerprint density at radius 1 is 1.47 bits per heavy atom. The summed E-state index contributed by atoms with van der Waals surface area (Å²) < 4.78 is 43.9. The van der Waals surface area contributed by atoms with Crippen molar-refractivity contribution in [2.24, 2.45) is 0 Å². The standard InChI is InChI=1S/C12H17FN2O3S/c1-3-4-15(5-6-18-2)19(16,17)12-8-10(13)7-11(14)9-12/h3,7-9H,1,4-6,14H2,2H3. The number of nitrogens with zero attached hydrogens (tertiary/aromatic N) is 1. The highest BCUT2D eigenvalue weighted by Gasteiger charge is 2.24. The smallest absolute Gasteiger partial charge is 0.243 e. The maximum absolute atomic E-state index is 13.3. The second-order valence-electron chi connectivity index (χ2n) is 3.86. The van der Waals surface area contributed by atoms with Gasteiger partial charge < -0.3 is 10.5 Å². The van der Waals surface area contributed by atoms with Crippen molar-refractivity contribution in [3.05, 3.63) is 36.7 Å². The van der Waals surface area contributed by atoms with Gasteiger partial charge in [0.05, 0.1) is 11.5 Å². The van der Waals surface area contributed by atoms with Crippen molar-refractivity contribution in [3.63, 3.8) is 0 Å². The summed E-state index contributed by atoms with van der Waals surface area (Å²) in [6.45, 7) is 4.01. The molecule has 106 valence electrons. The monoisotopic (exact) mass is 288 g/mol. The Balaban J connectivity index is 3.14. The Hall–Kier alpha value is -1.44. The van der Waals surface area contributed by atoms with Crippen LogP contribution in [0.4, 0.5) is 10.1 Å². The third-order valence-electron chi connectivity index (χ3n) is 2.41. The molecule has 0 fully saturated rings. The van der Waals surface area contributed by atoms with Crippen LogP contribution in [0.5, 0.6) is 0 Å². The van der Waals surface area contributed by atoms with E-state index in [1.54, 1.807) is 0 Å². The van der Waals surface area contributed by atoms with E-state index in [1.807, 2.05) is 0 Å². The topological polar surface area (TPSA) is 72.6 Å². The molecule has 1 rings (SSSR count). The van der Waals surface area contributed by atoms with E-state index in [1.165, 1.54) is 19.3 Å². The van der Waals surface area contributed by atoms with Gasteiger partial charge in [-0.3, -0.25) is 0 Å². The maximum atomic E-state index is 13.3. The molecule has 0 atom stereocenters. The van der Waals surface area contributed by atoms with Crippen molar-refractivity contribution < 1.29 is 17.5 Å². The first-order valence-corrected chi connectivity index (χ1v) is 7.02. The fourth-order valence-electron chi connectivity index (χ4n) is 1.53. The van der Waals surface area contributed by atoms with E-state index in [4.69, 9.17) is 10.5 Å². The largest absolute Gasteiger partial charge is 0.399 e. The summed E-state index contributed by atoms with van der Waals surface area (Å²) in [5.41, 5.74) is 5.52. The van der Waals surface area contributed by atoms with Crippen molar-refractivity contribution >= 4 is 15.7 Å². The van der Waals surface area contributed by atoms with Crippen LogP contribution in [0.25, 0.3) is 0 Å². The zero-order valence-corrected chi connectivity index (χ0v) is 11.5. The number of nitrogens with two attached hydrogens (primary N) is 1. The Morgan fingerprint density at radius 3 is 2.68 bits per heavy atom. The van der Waals surface area contributed by atoms with Crippen LogP contribution >= 0.6 is 0 Å². The molecule has 0 unspecified atom stereocenters. The highest BCUT2D eigenvalue weighted by atomic mass is 32.2. The first-order valence-electron chi connectivity index (χ1n) is 5.58. The summed E-state index contributed by atoms with van der Waals surface area (Å²) in [5, 5.41) is 0. The van der Waals surface area contributed by atoms with Crippen molar-refractivity contribution in [1.82, 2.24) is 4.31 Å². The van der Waals surface area contributed by atoms with E-state index in [9.17, 15) is 12.8 Å². The van der Waals surface area contributed by atoms with E-state index in [0.29, 0.717) is 0 Å². The fourth-order valence-corrected chi connectivity index (χ4v) is 2.99. The average Bonchev–Trinajstić information content (AvgIpc) is 2.33. The predicted octanol–water partition coefficient (Wildman–Crippen LogP) is 1.23. The lowest BCUT2D eigenvalue weighted by molar-refractivity contribution is 0.182. The minimum atomic E-state index is -3.82. The number of nitrogen functional groups attached to an aromatic ring is 1. The number of rotatable bonds is 7. The number of hydrogen-bond donors (Lipinski definition) is 1. The molecule has 0 aliphatic carbocycles. The van der Waals surface area contributed by atoms with Gasteiger partial charge in [-0.1, -0.05) is 6.08 Å². The lowest BCUT2D eigenvalue weighted by Gasteiger charge is -2.20. The molecule has 0 bridgehead atoms. The quantitative estimate of drug-likeness (QED) is 0.605. The molecule has 0 aliphatic rings. The van der Waals surface area contributed by atoms with E-state index in [2.05, 4.69) is 6.58 Å². The van der Waals surface area contributed by atoms with Crippen LogP contribution in [-0.2, 0) is 14.8 Å². The molecule has 0 amide bonds. The first-order chi connectivity index (χ1) is 8.91. The third-order valence-corrected chi connectivity index (χ3v) is 4.25. The van der Waals surface area contributed by atoms with Crippen LogP contribution < -0.4 is 5.73 Å². The highest BCUT2D eigenvalue weighted by molar-refractivity contribution is 7.89. The van der Waals surface area contributed by atoms with Crippen LogP contribution in [0.2, 0.25) is 0 Å². The summed E-state index contributed by atoms with van der Waals surface area (Å²) in [5.74, 6) is -0.691. The number of hydrogen-bond acceptors (Lipinski definition) is 4. The first kappa shape index (κ1) is 15.6. The summed E-state index contributed by atoms with van der Waals surface area (Å²) in [7, 11) is -2.35. The Bertz CT molecular complexity index is 526. The summed E-state index contributed by atoms with van der Waals surface area (Å²) in [6, 6.07) is 3.22. The number of benzene rings is 1.